The zero-order chi connectivity index (χ0) is 15.2. The van der Waals surface area contributed by atoms with Crippen molar-refractivity contribution < 1.29 is 9.47 Å². The summed E-state index contributed by atoms with van der Waals surface area (Å²) >= 11 is 3.50. The minimum absolute atomic E-state index is 0.743. The predicted octanol–water partition coefficient (Wildman–Crippen LogP) is 2.90. The van der Waals surface area contributed by atoms with Gasteiger partial charge in [0.25, 0.3) is 0 Å². The number of hydrogen-bond donors (Lipinski definition) is 1. The molecule has 1 aromatic carbocycles. The molecule has 1 N–H and O–H groups in total. The Labute approximate surface area is 135 Å². The maximum Gasteiger partial charge on any atom is 0.133 e. The lowest BCUT2D eigenvalue weighted by Gasteiger charge is -2.28. The minimum Gasteiger partial charge on any atom is -0.496 e. The van der Waals surface area contributed by atoms with Crippen LogP contribution in [0.3, 0.4) is 0 Å². The summed E-state index contributed by atoms with van der Waals surface area (Å²) in [6.07, 6.45) is 2.60. The summed E-state index contributed by atoms with van der Waals surface area (Å²) in [6.45, 7) is 4.26. The van der Waals surface area contributed by atoms with Crippen molar-refractivity contribution in [3.63, 3.8) is 0 Å². The van der Waals surface area contributed by atoms with Crippen molar-refractivity contribution in [2.75, 3.05) is 40.9 Å². The zero-order valence-electron chi connectivity index (χ0n) is 13.1. The lowest BCUT2D eigenvalue weighted by Crippen LogP contribution is -2.36. The molecular weight excluding hydrogens is 332 g/mol. The van der Waals surface area contributed by atoms with E-state index in [2.05, 4.69) is 39.3 Å². The second-order valence-electron chi connectivity index (χ2n) is 5.71. The maximum atomic E-state index is 5.49. The van der Waals surface area contributed by atoms with Crippen LogP contribution in [0.4, 0.5) is 0 Å². The first-order valence-corrected chi connectivity index (χ1v) is 8.23. The summed E-state index contributed by atoms with van der Waals surface area (Å²) in [4.78, 5) is 2.36. The highest BCUT2D eigenvalue weighted by Gasteiger charge is 2.17. The number of halogens is 1. The number of piperidine rings is 1. The Hall–Kier alpha value is -0.780. The molecule has 21 heavy (non-hydrogen) atoms. The normalized spacial score (nSPS) is 18.8. The summed E-state index contributed by atoms with van der Waals surface area (Å²) in [5.41, 5.74) is 1.16. The molecule has 0 radical (unpaired) electrons. The molecule has 0 saturated carbocycles. The third-order valence-electron chi connectivity index (χ3n) is 3.96. The number of rotatable bonds is 6. The largest absolute Gasteiger partial charge is 0.496 e. The molecule has 4 nitrogen and oxygen atoms in total. The molecule has 1 saturated heterocycles. The van der Waals surface area contributed by atoms with Gasteiger partial charge < -0.3 is 19.7 Å². The topological polar surface area (TPSA) is 33.7 Å². The zero-order valence-corrected chi connectivity index (χ0v) is 14.7. The monoisotopic (exact) mass is 356 g/mol. The van der Waals surface area contributed by atoms with E-state index in [4.69, 9.17) is 9.47 Å². The van der Waals surface area contributed by atoms with Crippen LogP contribution in [0.2, 0.25) is 0 Å². The van der Waals surface area contributed by atoms with E-state index >= 15 is 0 Å². The average Bonchev–Trinajstić information content (AvgIpc) is 2.49. The van der Waals surface area contributed by atoms with Crippen molar-refractivity contribution in [2.45, 2.75) is 19.4 Å². The number of nitrogens with one attached hydrogen (secondary N) is 1. The molecule has 1 aliphatic rings. The lowest BCUT2D eigenvalue weighted by atomic mass is 9.99. The Kier molecular flexibility index (Phi) is 6.33. The summed E-state index contributed by atoms with van der Waals surface area (Å²) in [6, 6.07) is 4.03. The fraction of sp³-hybridized carbons (Fsp3) is 0.625. The van der Waals surface area contributed by atoms with Gasteiger partial charge in [0.1, 0.15) is 11.5 Å². The maximum absolute atomic E-state index is 5.49. The van der Waals surface area contributed by atoms with Gasteiger partial charge in [0.15, 0.2) is 0 Å². The van der Waals surface area contributed by atoms with Crippen molar-refractivity contribution >= 4 is 15.9 Å². The van der Waals surface area contributed by atoms with Gasteiger partial charge in [-0.15, -0.1) is 0 Å². The molecule has 1 atom stereocenters. The minimum atomic E-state index is 0.743. The molecule has 5 heteroatoms. The average molecular weight is 357 g/mol. The van der Waals surface area contributed by atoms with Gasteiger partial charge in [-0.2, -0.15) is 0 Å². The summed E-state index contributed by atoms with van der Waals surface area (Å²) in [7, 11) is 5.57. The molecule has 1 aliphatic heterocycles. The van der Waals surface area contributed by atoms with Gasteiger partial charge >= 0.3 is 0 Å². The van der Waals surface area contributed by atoms with Crippen LogP contribution in [0.15, 0.2) is 16.6 Å². The fourth-order valence-electron chi connectivity index (χ4n) is 2.92. The van der Waals surface area contributed by atoms with E-state index in [1.54, 1.807) is 14.2 Å². The predicted molar refractivity (Wildman–Crippen MR) is 89.2 cm³/mol. The Morgan fingerprint density at radius 1 is 1.29 bits per heavy atom. The van der Waals surface area contributed by atoms with Crippen LogP contribution in [-0.4, -0.2) is 45.8 Å². The highest BCUT2D eigenvalue weighted by Crippen LogP contribution is 2.33. The van der Waals surface area contributed by atoms with Gasteiger partial charge in [-0.05, 0) is 67.0 Å². The molecule has 0 aliphatic carbocycles. The third-order valence-corrected chi connectivity index (χ3v) is 4.58. The quantitative estimate of drug-likeness (QED) is 0.849. The van der Waals surface area contributed by atoms with Gasteiger partial charge in [-0.3, -0.25) is 0 Å². The lowest BCUT2D eigenvalue weighted by molar-refractivity contribution is 0.235. The molecule has 0 aromatic heterocycles. The summed E-state index contributed by atoms with van der Waals surface area (Å²) < 4.78 is 11.8. The van der Waals surface area contributed by atoms with Crippen LogP contribution in [-0.2, 0) is 6.54 Å². The van der Waals surface area contributed by atoms with Gasteiger partial charge in [-0.25, -0.2) is 0 Å². The second kappa shape index (κ2) is 8.01. The van der Waals surface area contributed by atoms with E-state index in [1.165, 1.54) is 12.8 Å². The number of benzene rings is 1. The van der Waals surface area contributed by atoms with Gasteiger partial charge in [0.05, 0.1) is 18.7 Å². The first-order chi connectivity index (χ1) is 10.1. The molecule has 1 heterocycles. The van der Waals surface area contributed by atoms with Crippen molar-refractivity contribution in [1.29, 1.82) is 0 Å². The number of methoxy groups -OCH3 is 2. The van der Waals surface area contributed by atoms with Crippen molar-refractivity contribution in [2.24, 2.45) is 5.92 Å². The summed E-state index contributed by atoms with van der Waals surface area (Å²) in [5, 5.41) is 3.47. The van der Waals surface area contributed by atoms with Crippen LogP contribution in [0.5, 0.6) is 11.5 Å². The Morgan fingerprint density at radius 3 is 2.67 bits per heavy atom. The highest BCUT2D eigenvalue weighted by molar-refractivity contribution is 9.10. The summed E-state index contributed by atoms with van der Waals surface area (Å²) in [5.74, 6) is 2.49. The molecule has 2 rings (SSSR count). The molecule has 0 bridgehead atoms. The Bertz CT molecular complexity index is 462. The molecule has 118 valence electrons. The van der Waals surface area contributed by atoms with E-state index in [0.717, 1.165) is 53.6 Å². The Balaban J connectivity index is 2.03. The molecule has 1 aromatic rings. The van der Waals surface area contributed by atoms with E-state index < -0.39 is 0 Å². The number of ether oxygens (including phenoxy) is 2. The van der Waals surface area contributed by atoms with Crippen molar-refractivity contribution in [3.8, 4) is 11.5 Å². The highest BCUT2D eigenvalue weighted by atomic mass is 79.9. The third kappa shape index (κ3) is 4.59. The van der Waals surface area contributed by atoms with Gasteiger partial charge in [0, 0.05) is 18.7 Å². The smallest absolute Gasteiger partial charge is 0.133 e. The second-order valence-corrected chi connectivity index (χ2v) is 6.56. The van der Waals surface area contributed by atoms with E-state index in [1.807, 2.05) is 6.07 Å². The molecule has 0 spiro atoms. The van der Waals surface area contributed by atoms with Gasteiger partial charge in [-0.1, -0.05) is 0 Å². The van der Waals surface area contributed by atoms with E-state index in [0.29, 0.717) is 0 Å². The van der Waals surface area contributed by atoms with Crippen molar-refractivity contribution in [3.05, 3.63) is 22.2 Å². The van der Waals surface area contributed by atoms with Crippen LogP contribution in [0, 0.1) is 5.92 Å². The standard InChI is InChI=1S/C16H25BrN2O2/c1-19(10-12-5-4-6-18-9-12)11-13-7-16(21-3)14(17)8-15(13)20-2/h7-8,12,18H,4-6,9-11H2,1-3H3. The number of hydrogen-bond acceptors (Lipinski definition) is 4. The van der Waals surface area contributed by atoms with E-state index in [-0.39, 0.29) is 0 Å². The molecule has 1 fully saturated rings. The van der Waals surface area contributed by atoms with Crippen LogP contribution in [0.1, 0.15) is 18.4 Å². The van der Waals surface area contributed by atoms with Crippen LogP contribution >= 0.6 is 15.9 Å². The first-order valence-electron chi connectivity index (χ1n) is 7.43. The van der Waals surface area contributed by atoms with Crippen molar-refractivity contribution in [1.82, 2.24) is 10.2 Å². The Morgan fingerprint density at radius 2 is 2.05 bits per heavy atom. The molecule has 1 unspecified atom stereocenters. The first kappa shape index (κ1) is 16.6. The van der Waals surface area contributed by atoms with Crippen LogP contribution < -0.4 is 14.8 Å². The SMILES string of the molecule is COc1cc(CN(C)CC2CCCNC2)c(OC)cc1Br. The van der Waals surface area contributed by atoms with Gasteiger partial charge in [0.2, 0.25) is 0 Å². The molecule has 0 amide bonds. The van der Waals surface area contributed by atoms with E-state index in [9.17, 15) is 0 Å². The molecular formula is C16H25BrN2O2. The number of nitrogens with zero attached hydrogens (tertiary/aromatic N) is 1. The van der Waals surface area contributed by atoms with Crippen LogP contribution in [0.25, 0.3) is 0 Å². The fourth-order valence-corrected chi connectivity index (χ4v) is 3.41.